The maximum atomic E-state index is 12.6. The molecular weight excluding hydrogens is 362 g/mol. The standard InChI is InChI=1S/C19H23N5O4/c1-19(11-25,18(21)27)24-17(26)16(22-2)14-9-13(6-7-15(14)20)28-10-12-5-3-4-8-23-12/h3-9,20,22,25H,10-11H2,1-2H3,(H2,21,27)(H,24,26)/b16-14-,20-15?. The summed E-state index contributed by atoms with van der Waals surface area (Å²) in [5, 5.41) is 22.6. The summed E-state index contributed by atoms with van der Waals surface area (Å²) in [4.78, 5) is 28.3. The molecule has 1 atom stereocenters. The molecule has 1 aromatic rings. The minimum Gasteiger partial charge on any atom is -0.487 e. The highest BCUT2D eigenvalue weighted by molar-refractivity contribution is 6.15. The Bertz CT molecular complexity index is 860. The predicted molar refractivity (Wildman–Crippen MR) is 103 cm³/mol. The number of carbonyl (C=O) groups excluding carboxylic acids is 2. The number of nitrogens with two attached hydrogens (primary N) is 1. The zero-order chi connectivity index (χ0) is 20.7. The van der Waals surface area contributed by atoms with Gasteiger partial charge in [-0.05, 0) is 37.3 Å². The topological polar surface area (TPSA) is 150 Å². The minimum absolute atomic E-state index is 0.0363. The van der Waals surface area contributed by atoms with Gasteiger partial charge in [-0.2, -0.15) is 0 Å². The van der Waals surface area contributed by atoms with Gasteiger partial charge in [-0.25, -0.2) is 0 Å². The number of pyridine rings is 1. The lowest BCUT2D eigenvalue weighted by atomic mass is 9.99. The maximum absolute atomic E-state index is 12.6. The van der Waals surface area contributed by atoms with Gasteiger partial charge in [0.25, 0.3) is 5.91 Å². The highest BCUT2D eigenvalue weighted by atomic mass is 16.5. The molecule has 0 aliphatic heterocycles. The highest BCUT2D eigenvalue weighted by Crippen LogP contribution is 2.19. The van der Waals surface area contributed by atoms with Crippen LogP contribution in [0.2, 0.25) is 0 Å². The average Bonchev–Trinajstić information content (AvgIpc) is 2.69. The van der Waals surface area contributed by atoms with E-state index in [2.05, 4.69) is 15.6 Å². The number of hydrogen-bond donors (Lipinski definition) is 5. The molecule has 148 valence electrons. The fraction of sp³-hybridized carbons (Fsp3) is 0.263. The first-order valence-electron chi connectivity index (χ1n) is 8.47. The zero-order valence-corrected chi connectivity index (χ0v) is 15.7. The molecule has 28 heavy (non-hydrogen) atoms. The second-order valence-corrected chi connectivity index (χ2v) is 6.25. The van der Waals surface area contributed by atoms with Crippen molar-refractivity contribution in [2.45, 2.75) is 19.1 Å². The minimum atomic E-state index is -1.63. The molecule has 1 unspecified atom stereocenters. The number of rotatable bonds is 8. The first-order valence-corrected chi connectivity index (χ1v) is 8.47. The summed E-state index contributed by atoms with van der Waals surface area (Å²) >= 11 is 0. The van der Waals surface area contributed by atoms with Crippen LogP contribution in [-0.4, -0.2) is 46.8 Å². The number of ether oxygens (including phenoxy) is 1. The summed E-state index contributed by atoms with van der Waals surface area (Å²) in [6.07, 6.45) is 6.30. The molecule has 9 nitrogen and oxygen atoms in total. The number of nitrogens with zero attached hydrogens (tertiary/aromatic N) is 1. The van der Waals surface area contributed by atoms with Crippen LogP contribution >= 0.6 is 0 Å². The Kier molecular flexibility index (Phi) is 6.67. The second-order valence-electron chi connectivity index (χ2n) is 6.25. The van der Waals surface area contributed by atoms with Crippen molar-refractivity contribution in [3.63, 3.8) is 0 Å². The van der Waals surface area contributed by atoms with E-state index >= 15 is 0 Å². The molecule has 2 rings (SSSR count). The van der Waals surface area contributed by atoms with Crippen molar-refractivity contribution in [1.29, 1.82) is 5.41 Å². The lowest BCUT2D eigenvalue weighted by Crippen LogP contribution is -2.58. The van der Waals surface area contributed by atoms with Gasteiger partial charge in [0.15, 0.2) is 0 Å². The zero-order valence-electron chi connectivity index (χ0n) is 15.7. The fourth-order valence-electron chi connectivity index (χ4n) is 2.32. The molecule has 9 heteroatoms. The van der Waals surface area contributed by atoms with E-state index < -0.39 is 24.0 Å². The molecule has 0 aromatic carbocycles. The van der Waals surface area contributed by atoms with Gasteiger partial charge in [0, 0.05) is 18.8 Å². The van der Waals surface area contributed by atoms with Crippen molar-refractivity contribution in [3.8, 4) is 0 Å². The number of aliphatic hydroxyl groups is 1. The number of allylic oxidation sites excluding steroid dienone is 4. The first kappa shape index (κ1) is 20.8. The number of aliphatic hydroxyl groups excluding tert-OH is 1. The van der Waals surface area contributed by atoms with Gasteiger partial charge in [0.2, 0.25) is 5.91 Å². The van der Waals surface area contributed by atoms with Gasteiger partial charge in [-0.3, -0.25) is 14.6 Å². The Morgan fingerprint density at radius 2 is 2.11 bits per heavy atom. The molecule has 0 spiro atoms. The molecule has 1 heterocycles. The molecule has 1 aliphatic rings. The van der Waals surface area contributed by atoms with E-state index in [-0.39, 0.29) is 23.6 Å². The molecule has 6 N–H and O–H groups in total. The van der Waals surface area contributed by atoms with Crippen LogP contribution in [0.4, 0.5) is 0 Å². The van der Waals surface area contributed by atoms with Gasteiger partial charge in [0.05, 0.1) is 18.0 Å². The van der Waals surface area contributed by atoms with Crippen molar-refractivity contribution in [2.24, 2.45) is 5.73 Å². The van der Waals surface area contributed by atoms with Crippen LogP contribution < -0.4 is 16.4 Å². The summed E-state index contributed by atoms with van der Waals surface area (Å²) in [5.74, 6) is -1.12. The van der Waals surface area contributed by atoms with Crippen molar-refractivity contribution < 1.29 is 19.4 Å². The number of primary amides is 1. The van der Waals surface area contributed by atoms with Crippen LogP contribution in [0.3, 0.4) is 0 Å². The Hall–Kier alpha value is -3.46. The number of nitrogens with one attached hydrogen (secondary N) is 3. The molecule has 2 amide bonds. The number of amides is 2. The molecule has 1 aromatic heterocycles. The van der Waals surface area contributed by atoms with Crippen LogP contribution in [0.5, 0.6) is 0 Å². The number of aromatic nitrogens is 1. The average molecular weight is 385 g/mol. The molecule has 0 fully saturated rings. The summed E-state index contributed by atoms with van der Waals surface area (Å²) in [5.41, 5.74) is 4.73. The number of likely N-dealkylation sites (N-methyl/N-ethyl adjacent to an activating group) is 1. The Morgan fingerprint density at radius 3 is 2.68 bits per heavy atom. The van der Waals surface area contributed by atoms with Gasteiger partial charge in [0.1, 0.15) is 23.6 Å². The lowest BCUT2D eigenvalue weighted by molar-refractivity contribution is -0.131. The SMILES string of the molecule is CN/C(C(=O)NC(C)(CO)C(N)=O)=C1/C=C(OCc2ccccn2)C=CC1=N. The third-order valence-electron chi connectivity index (χ3n) is 4.10. The third-order valence-corrected chi connectivity index (χ3v) is 4.10. The van der Waals surface area contributed by atoms with Gasteiger partial charge in [-0.15, -0.1) is 0 Å². The summed E-state index contributed by atoms with van der Waals surface area (Å²) in [6.45, 7) is 0.878. The van der Waals surface area contributed by atoms with E-state index in [1.165, 1.54) is 26.1 Å². The van der Waals surface area contributed by atoms with Crippen molar-refractivity contribution in [1.82, 2.24) is 15.6 Å². The Labute approximate surface area is 162 Å². The van der Waals surface area contributed by atoms with Crippen LogP contribution in [0, 0.1) is 5.41 Å². The van der Waals surface area contributed by atoms with Gasteiger partial charge in [-0.1, -0.05) is 6.07 Å². The second kappa shape index (κ2) is 8.96. The van der Waals surface area contributed by atoms with Crippen LogP contribution in [-0.2, 0) is 20.9 Å². The molecule has 0 saturated carbocycles. The lowest BCUT2D eigenvalue weighted by Gasteiger charge is -2.26. The van der Waals surface area contributed by atoms with Gasteiger partial charge >= 0.3 is 0 Å². The van der Waals surface area contributed by atoms with E-state index in [4.69, 9.17) is 15.9 Å². The summed E-state index contributed by atoms with van der Waals surface area (Å²) in [7, 11) is 1.51. The summed E-state index contributed by atoms with van der Waals surface area (Å²) in [6, 6.07) is 5.46. The Balaban J connectivity index is 2.26. The fourth-order valence-corrected chi connectivity index (χ4v) is 2.32. The monoisotopic (exact) mass is 385 g/mol. The van der Waals surface area contributed by atoms with Gasteiger partial charge < -0.3 is 31.6 Å². The van der Waals surface area contributed by atoms with E-state index in [9.17, 15) is 14.7 Å². The molecule has 0 saturated heterocycles. The smallest absolute Gasteiger partial charge is 0.268 e. The third kappa shape index (κ3) is 4.83. The highest BCUT2D eigenvalue weighted by Gasteiger charge is 2.33. The van der Waals surface area contributed by atoms with E-state index in [0.717, 1.165) is 5.69 Å². The normalized spacial score (nSPS) is 17.2. The molecular formula is C19H23N5O4. The number of carbonyl (C=O) groups is 2. The van der Waals surface area contributed by atoms with Crippen molar-refractivity contribution >= 4 is 17.5 Å². The van der Waals surface area contributed by atoms with E-state index in [0.29, 0.717) is 5.76 Å². The van der Waals surface area contributed by atoms with Crippen LogP contribution in [0.25, 0.3) is 0 Å². The molecule has 0 bridgehead atoms. The molecule has 1 aliphatic carbocycles. The first-order chi connectivity index (χ1) is 13.3. The van der Waals surface area contributed by atoms with E-state index in [1.807, 2.05) is 12.1 Å². The Morgan fingerprint density at radius 1 is 1.36 bits per heavy atom. The van der Waals surface area contributed by atoms with Crippen LogP contribution in [0.1, 0.15) is 12.6 Å². The summed E-state index contributed by atoms with van der Waals surface area (Å²) < 4.78 is 5.69. The van der Waals surface area contributed by atoms with Crippen molar-refractivity contribution in [2.75, 3.05) is 13.7 Å². The largest absolute Gasteiger partial charge is 0.487 e. The molecule has 0 radical (unpaired) electrons. The maximum Gasteiger partial charge on any atom is 0.268 e. The number of hydrogen-bond acceptors (Lipinski definition) is 7. The van der Waals surface area contributed by atoms with E-state index in [1.54, 1.807) is 18.3 Å². The predicted octanol–water partition coefficient (Wildman–Crippen LogP) is -0.102. The van der Waals surface area contributed by atoms with Crippen LogP contribution in [0.15, 0.2) is 59.7 Å². The quantitative estimate of drug-likeness (QED) is 0.394. The van der Waals surface area contributed by atoms with Crippen molar-refractivity contribution in [3.05, 3.63) is 65.3 Å².